The molecule has 31 heavy (non-hydrogen) atoms. The molecule has 0 atom stereocenters. The van der Waals surface area contributed by atoms with Gasteiger partial charge in [-0.05, 0) is 36.1 Å². The lowest BCUT2D eigenvalue weighted by Crippen LogP contribution is -2.48. The van der Waals surface area contributed by atoms with Crippen LogP contribution < -0.4 is 4.90 Å². The maximum Gasteiger partial charge on any atom is 0.259 e. The van der Waals surface area contributed by atoms with E-state index in [0.29, 0.717) is 55.8 Å². The number of benzene rings is 1. The van der Waals surface area contributed by atoms with Crippen LogP contribution in [0.1, 0.15) is 46.7 Å². The number of carbonyl (C=O) groups excluding carboxylic acids is 2. The van der Waals surface area contributed by atoms with Crippen LogP contribution in [0.4, 0.5) is 10.1 Å². The zero-order chi connectivity index (χ0) is 21.8. The third-order valence-corrected chi connectivity index (χ3v) is 6.20. The fourth-order valence-electron chi connectivity index (χ4n) is 4.57. The van der Waals surface area contributed by atoms with E-state index in [1.54, 1.807) is 33.9 Å². The molecule has 5 rings (SSSR count). The summed E-state index contributed by atoms with van der Waals surface area (Å²) in [5.41, 5.74) is 3.17. The standard InChI is InChI=1S/C23H24FN5O2/c1-23(2)11-19-17(20(30)12-23)13-25-21-18(14-26-29(19)21)22(31)28-9-7-27(8-10-28)16-5-3-15(24)4-6-16/h3-6,13-14H,7-12H2,1-2H3. The molecule has 3 aromatic rings. The molecule has 160 valence electrons. The molecule has 1 fully saturated rings. The molecule has 2 aromatic heterocycles. The lowest BCUT2D eigenvalue weighted by Gasteiger charge is -2.36. The second kappa shape index (κ2) is 7.14. The summed E-state index contributed by atoms with van der Waals surface area (Å²) < 4.78 is 14.8. The first-order valence-corrected chi connectivity index (χ1v) is 10.5. The smallest absolute Gasteiger partial charge is 0.259 e. The Hall–Kier alpha value is -3.29. The minimum Gasteiger partial charge on any atom is -0.368 e. The van der Waals surface area contributed by atoms with Crippen molar-refractivity contribution in [1.29, 1.82) is 0 Å². The minimum atomic E-state index is -0.259. The predicted octanol–water partition coefficient (Wildman–Crippen LogP) is 2.99. The van der Waals surface area contributed by atoms with Gasteiger partial charge in [0, 0.05) is 44.5 Å². The first-order chi connectivity index (χ1) is 14.8. The number of amides is 1. The zero-order valence-corrected chi connectivity index (χ0v) is 17.6. The quantitative estimate of drug-likeness (QED) is 0.636. The van der Waals surface area contributed by atoms with Crippen molar-refractivity contribution in [2.45, 2.75) is 26.7 Å². The number of halogens is 1. The Morgan fingerprint density at radius 2 is 1.74 bits per heavy atom. The van der Waals surface area contributed by atoms with Gasteiger partial charge in [0.25, 0.3) is 5.91 Å². The summed E-state index contributed by atoms with van der Waals surface area (Å²) in [5.74, 6) is -0.297. The highest BCUT2D eigenvalue weighted by Crippen LogP contribution is 2.34. The molecule has 0 bridgehead atoms. The second-order valence-corrected chi connectivity index (χ2v) is 9.11. The Bertz CT molecular complexity index is 1180. The Kier molecular flexibility index (Phi) is 4.53. The van der Waals surface area contributed by atoms with E-state index < -0.39 is 0 Å². The van der Waals surface area contributed by atoms with Crippen LogP contribution in [0.2, 0.25) is 0 Å². The normalized spacial score (nSPS) is 18.4. The van der Waals surface area contributed by atoms with Gasteiger partial charge < -0.3 is 9.80 Å². The summed E-state index contributed by atoms with van der Waals surface area (Å²) in [7, 11) is 0. The number of aromatic nitrogens is 3. The van der Waals surface area contributed by atoms with E-state index in [1.807, 2.05) is 0 Å². The highest BCUT2D eigenvalue weighted by atomic mass is 19.1. The number of Topliss-reactive ketones (excluding diaryl/α,β-unsaturated/α-hetero) is 1. The van der Waals surface area contributed by atoms with E-state index in [1.165, 1.54) is 12.1 Å². The SMILES string of the molecule is CC1(C)CC(=O)c2cnc3c(C(=O)N4CCN(c5ccc(F)cc5)CC4)cnn3c2C1. The van der Waals surface area contributed by atoms with Crippen LogP contribution in [-0.4, -0.2) is 57.4 Å². The van der Waals surface area contributed by atoms with Gasteiger partial charge in [-0.25, -0.2) is 13.9 Å². The molecule has 0 unspecified atom stereocenters. The zero-order valence-electron chi connectivity index (χ0n) is 17.6. The monoisotopic (exact) mass is 421 g/mol. The highest BCUT2D eigenvalue weighted by molar-refractivity contribution is 6.01. The first-order valence-electron chi connectivity index (χ1n) is 10.5. The lowest BCUT2D eigenvalue weighted by atomic mass is 9.76. The number of fused-ring (bicyclic) bond motifs is 3. The van der Waals surface area contributed by atoms with Gasteiger partial charge in [0.05, 0.1) is 17.5 Å². The van der Waals surface area contributed by atoms with Crippen molar-refractivity contribution in [3.63, 3.8) is 0 Å². The number of piperazine rings is 1. The first kappa shape index (κ1) is 19.7. The van der Waals surface area contributed by atoms with Gasteiger partial charge in [0.15, 0.2) is 11.4 Å². The maximum atomic E-state index is 13.2. The Balaban J connectivity index is 1.38. The number of hydrogen-bond acceptors (Lipinski definition) is 5. The van der Waals surface area contributed by atoms with Crippen LogP contribution in [0.5, 0.6) is 0 Å². The van der Waals surface area contributed by atoms with Crippen molar-refractivity contribution in [1.82, 2.24) is 19.5 Å². The fourth-order valence-corrected chi connectivity index (χ4v) is 4.57. The number of ketones is 1. The van der Waals surface area contributed by atoms with Crippen molar-refractivity contribution >= 4 is 23.0 Å². The van der Waals surface area contributed by atoms with E-state index in [0.717, 1.165) is 11.4 Å². The molecule has 1 saturated heterocycles. The topological polar surface area (TPSA) is 70.8 Å². The van der Waals surface area contributed by atoms with Gasteiger partial charge in [-0.3, -0.25) is 9.59 Å². The molecule has 1 aromatic carbocycles. The van der Waals surface area contributed by atoms with Crippen LogP contribution in [0, 0.1) is 11.2 Å². The van der Waals surface area contributed by atoms with Crippen molar-refractivity contribution in [2.75, 3.05) is 31.1 Å². The van der Waals surface area contributed by atoms with E-state index in [4.69, 9.17) is 0 Å². The van der Waals surface area contributed by atoms with E-state index in [-0.39, 0.29) is 22.9 Å². The van der Waals surface area contributed by atoms with Crippen LogP contribution in [0.3, 0.4) is 0 Å². The minimum absolute atomic E-state index is 0.0703. The van der Waals surface area contributed by atoms with Gasteiger partial charge >= 0.3 is 0 Å². The average molecular weight is 421 g/mol. The molecule has 0 radical (unpaired) electrons. The number of carbonyl (C=O) groups is 2. The van der Waals surface area contributed by atoms with E-state index >= 15 is 0 Å². The van der Waals surface area contributed by atoms with Crippen LogP contribution >= 0.6 is 0 Å². The van der Waals surface area contributed by atoms with Gasteiger partial charge in [-0.15, -0.1) is 0 Å². The van der Waals surface area contributed by atoms with Gasteiger partial charge in [-0.1, -0.05) is 13.8 Å². The van der Waals surface area contributed by atoms with Crippen LogP contribution in [0.15, 0.2) is 36.7 Å². The van der Waals surface area contributed by atoms with Crippen molar-refractivity contribution in [3.8, 4) is 0 Å². The largest absolute Gasteiger partial charge is 0.368 e. The molecule has 1 amide bonds. The molecular weight excluding hydrogens is 397 g/mol. The molecule has 1 aliphatic carbocycles. The molecule has 0 saturated carbocycles. The third-order valence-electron chi connectivity index (χ3n) is 6.20. The molecule has 0 spiro atoms. The number of rotatable bonds is 2. The summed E-state index contributed by atoms with van der Waals surface area (Å²) in [6.07, 6.45) is 4.34. The molecule has 2 aliphatic rings. The fraction of sp³-hybridized carbons (Fsp3) is 0.391. The Labute approximate surface area is 179 Å². The third kappa shape index (κ3) is 3.45. The Morgan fingerprint density at radius 1 is 1.03 bits per heavy atom. The maximum absolute atomic E-state index is 13.2. The van der Waals surface area contributed by atoms with Gasteiger partial charge in [-0.2, -0.15) is 5.10 Å². The van der Waals surface area contributed by atoms with Crippen molar-refractivity contribution < 1.29 is 14.0 Å². The molecular formula is C23H24FN5O2. The summed E-state index contributed by atoms with van der Waals surface area (Å²) >= 11 is 0. The summed E-state index contributed by atoms with van der Waals surface area (Å²) in [6.45, 7) is 6.59. The summed E-state index contributed by atoms with van der Waals surface area (Å²) in [6, 6.07) is 6.41. The summed E-state index contributed by atoms with van der Waals surface area (Å²) in [4.78, 5) is 34.1. The predicted molar refractivity (Wildman–Crippen MR) is 114 cm³/mol. The highest BCUT2D eigenvalue weighted by Gasteiger charge is 2.34. The lowest BCUT2D eigenvalue weighted by molar-refractivity contribution is 0.0748. The molecule has 3 heterocycles. The van der Waals surface area contributed by atoms with Crippen LogP contribution in [0.25, 0.3) is 5.65 Å². The second-order valence-electron chi connectivity index (χ2n) is 9.11. The van der Waals surface area contributed by atoms with Gasteiger partial charge in [0.2, 0.25) is 0 Å². The summed E-state index contributed by atoms with van der Waals surface area (Å²) in [5, 5.41) is 4.43. The number of nitrogens with zero attached hydrogens (tertiary/aromatic N) is 5. The van der Waals surface area contributed by atoms with Crippen LogP contribution in [-0.2, 0) is 6.42 Å². The van der Waals surface area contributed by atoms with E-state index in [2.05, 4.69) is 28.8 Å². The van der Waals surface area contributed by atoms with Gasteiger partial charge in [0.1, 0.15) is 11.4 Å². The molecule has 1 aliphatic heterocycles. The molecule has 7 nitrogen and oxygen atoms in total. The van der Waals surface area contributed by atoms with Crippen molar-refractivity contribution in [3.05, 3.63) is 59.3 Å². The number of hydrogen-bond donors (Lipinski definition) is 0. The average Bonchev–Trinajstić information content (AvgIpc) is 3.18. The number of anilines is 1. The molecule has 8 heteroatoms. The van der Waals surface area contributed by atoms with Crippen molar-refractivity contribution in [2.24, 2.45) is 5.41 Å². The Morgan fingerprint density at radius 3 is 2.45 bits per heavy atom. The van der Waals surface area contributed by atoms with E-state index in [9.17, 15) is 14.0 Å². The molecule has 0 N–H and O–H groups in total.